The first-order valence-corrected chi connectivity index (χ1v) is 3.82. The lowest BCUT2D eigenvalue weighted by Gasteiger charge is -2.16. The van der Waals surface area contributed by atoms with Crippen LogP contribution in [0.1, 0.15) is 25.7 Å². The van der Waals surface area contributed by atoms with E-state index in [4.69, 9.17) is 5.11 Å². The molecule has 0 saturated heterocycles. The van der Waals surface area contributed by atoms with E-state index in [1.807, 2.05) is 12.2 Å². The minimum atomic E-state index is 0.570. The van der Waals surface area contributed by atoms with Crippen LogP contribution in [-0.2, 0) is 0 Å². The molecule has 10 heavy (non-hydrogen) atoms. The Kier molecular flexibility index (Phi) is 2.55. The maximum absolute atomic E-state index is 9.03. The van der Waals surface area contributed by atoms with Crippen LogP contribution in [-0.4, -0.2) is 5.11 Å². The van der Waals surface area contributed by atoms with Crippen molar-refractivity contribution >= 4 is 0 Å². The van der Waals surface area contributed by atoms with Crippen molar-refractivity contribution in [3.05, 3.63) is 24.5 Å². The van der Waals surface area contributed by atoms with E-state index in [0.29, 0.717) is 5.76 Å². The zero-order valence-corrected chi connectivity index (χ0v) is 6.21. The van der Waals surface area contributed by atoms with Gasteiger partial charge in [-0.15, -0.1) is 6.58 Å². The van der Waals surface area contributed by atoms with Crippen molar-refractivity contribution in [1.29, 1.82) is 0 Å². The standard InChI is InChI=1S/C9H14O/c1-2-3-8-4-6-9(10)7-5-8/h2,6,8,10H,1,3-5,7H2. The Morgan fingerprint density at radius 2 is 2.60 bits per heavy atom. The Labute approximate surface area is 62.1 Å². The molecule has 0 saturated carbocycles. The van der Waals surface area contributed by atoms with Crippen molar-refractivity contribution in [2.45, 2.75) is 25.7 Å². The largest absolute Gasteiger partial charge is 0.513 e. The molecule has 0 aliphatic heterocycles. The second-order valence-electron chi connectivity index (χ2n) is 2.86. The van der Waals surface area contributed by atoms with Crippen LogP contribution in [0, 0.1) is 5.92 Å². The molecule has 0 aromatic rings. The molecular weight excluding hydrogens is 124 g/mol. The maximum Gasteiger partial charge on any atom is 0.0883 e. The smallest absolute Gasteiger partial charge is 0.0883 e. The zero-order chi connectivity index (χ0) is 7.40. The Hall–Kier alpha value is -0.720. The van der Waals surface area contributed by atoms with E-state index in [1.165, 1.54) is 0 Å². The van der Waals surface area contributed by atoms with Gasteiger partial charge < -0.3 is 5.11 Å². The van der Waals surface area contributed by atoms with Crippen molar-refractivity contribution in [2.24, 2.45) is 5.92 Å². The van der Waals surface area contributed by atoms with Gasteiger partial charge in [-0.2, -0.15) is 0 Å². The average molecular weight is 138 g/mol. The van der Waals surface area contributed by atoms with Gasteiger partial charge in [0.15, 0.2) is 0 Å². The molecule has 0 spiro atoms. The molecule has 0 radical (unpaired) electrons. The second-order valence-corrected chi connectivity index (χ2v) is 2.86. The van der Waals surface area contributed by atoms with Crippen molar-refractivity contribution in [3.8, 4) is 0 Å². The van der Waals surface area contributed by atoms with Crippen LogP contribution in [0.3, 0.4) is 0 Å². The van der Waals surface area contributed by atoms with Crippen molar-refractivity contribution < 1.29 is 5.11 Å². The zero-order valence-electron chi connectivity index (χ0n) is 6.21. The van der Waals surface area contributed by atoms with Gasteiger partial charge in [-0.1, -0.05) is 6.08 Å². The third-order valence-corrected chi connectivity index (χ3v) is 2.00. The number of rotatable bonds is 2. The molecule has 1 rings (SSSR count). The summed E-state index contributed by atoms with van der Waals surface area (Å²) in [6, 6.07) is 0. The Morgan fingerprint density at radius 1 is 1.80 bits per heavy atom. The molecule has 0 bridgehead atoms. The summed E-state index contributed by atoms with van der Waals surface area (Å²) in [4.78, 5) is 0. The highest BCUT2D eigenvalue weighted by molar-refractivity contribution is 4.98. The van der Waals surface area contributed by atoms with E-state index in [9.17, 15) is 0 Å². The van der Waals surface area contributed by atoms with Gasteiger partial charge in [0.25, 0.3) is 0 Å². The molecule has 0 amide bonds. The van der Waals surface area contributed by atoms with Crippen LogP contribution in [0.15, 0.2) is 24.5 Å². The summed E-state index contributed by atoms with van der Waals surface area (Å²) >= 11 is 0. The van der Waals surface area contributed by atoms with E-state index in [1.54, 1.807) is 0 Å². The van der Waals surface area contributed by atoms with Gasteiger partial charge in [0.1, 0.15) is 0 Å². The fourth-order valence-corrected chi connectivity index (χ4v) is 1.32. The maximum atomic E-state index is 9.03. The summed E-state index contributed by atoms with van der Waals surface area (Å²) in [5.41, 5.74) is 0. The fraction of sp³-hybridized carbons (Fsp3) is 0.556. The van der Waals surface area contributed by atoms with Gasteiger partial charge >= 0.3 is 0 Å². The van der Waals surface area contributed by atoms with Crippen LogP contribution in [0.5, 0.6) is 0 Å². The van der Waals surface area contributed by atoms with Crippen LogP contribution in [0.25, 0.3) is 0 Å². The first-order valence-electron chi connectivity index (χ1n) is 3.82. The molecule has 0 aromatic heterocycles. The quantitative estimate of drug-likeness (QED) is 0.582. The highest BCUT2D eigenvalue weighted by Crippen LogP contribution is 2.24. The summed E-state index contributed by atoms with van der Waals surface area (Å²) in [6.07, 6.45) is 7.98. The first kappa shape index (κ1) is 7.39. The molecule has 1 atom stereocenters. The molecule has 0 fully saturated rings. The Morgan fingerprint density at radius 3 is 3.10 bits per heavy atom. The lowest BCUT2D eigenvalue weighted by Crippen LogP contribution is -2.03. The van der Waals surface area contributed by atoms with Gasteiger partial charge in [0, 0.05) is 6.42 Å². The minimum Gasteiger partial charge on any atom is -0.513 e. The molecule has 1 heteroatoms. The van der Waals surface area contributed by atoms with E-state index in [2.05, 4.69) is 6.58 Å². The summed E-state index contributed by atoms with van der Waals surface area (Å²) in [6.45, 7) is 3.69. The molecular formula is C9H14O. The summed E-state index contributed by atoms with van der Waals surface area (Å²) in [7, 11) is 0. The van der Waals surface area contributed by atoms with Crippen LogP contribution in [0.4, 0.5) is 0 Å². The number of allylic oxidation sites excluding steroid dienone is 3. The van der Waals surface area contributed by atoms with Gasteiger partial charge in [-0.05, 0) is 31.3 Å². The lowest BCUT2D eigenvalue weighted by atomic mass is 9.91. The highest BCUT2D eigenvalue weighted by atomic mass is 16.3. The van der Waals surface area contributed by atoms with E-state index in [-0.39, 0.29) is 0 Å². The lowest BCUT2D eigenvalue weighted by molar-refractivity contribution is 0.337. The number of hydrogen-bond acceptors (Lipinski definition) is 1. The summed E-state index contributed by atoms with van der Waals surface area (Å²) in [5, 5.41) is 9.03. The van der Waals surface area contributed by atoms with E-state index in [0.717, 1.165) is 31.6 Å². The molecule has 1 N–H and O–H groups in total. The summed E-state index contributed by atoms with van der Waals surface area (Å²) < 4.78 is 0. The second kappa shape index (κ2) is 3.45. The third kappa shape index (κ3) is 1.90. The fourth-order valence-electron chi connectivity index (χ4n) is 1.32. The predicted octanol–water partition coefficient (Wildman–Crippen LogP) is 2.80. The monoisotopic (exact) mass is 138 g/mol. The highest BCUT2D eigenvalue weighted by Gasteiger charge is 2.11. The molecule has 0 aromatic carbocycles. The number of aliphatic hydroxyl groups excluding tert-OH is 1. The topological polar surface area (TPSA) is 20.2 Å². The molecule has 56 valence electrons. The first-order chi connectivity index (χ1) is 4.83. The van der Waals surface area contributed by atoms with Crippen LogP contribution in [0.2, 0.25) is 0 Å². The average Bonchev–Trinajstić information content (AvgIpc) is 1.95. The Bertz CT molecular complexity index is 147. The third-order valence-electron chi connectivity index (χ3n) is 2.00. The van der Waals surface area contributed by atoms with Crippen molar-refractivity contribution in [3.63, 3.8) is 0 Å². The molecule has 0 heterocycles. The predicted molar refractivity (Wildman–Crippen MR) is 42.9 cm³/mol. The number of hydrogen-bond donors (Lipinski definition) is 1. The molecule has 1 aliphatic carbocycles. The molecule has 1 nitrogen and oxygen atoms in total. The normalized spacial score (nSPS) is 25.6. The van der Waals surface area contributed by atoms with Gasteiger partial charge in [0.05, 0.1) is 5.76 Å². The van der Waals surface area contributed by atoms with E-state index < -0.39 is 0 Å². The van der Waals surface area contributed by atoms with Crippen LogP contribution < -0.4 is 0 Å². The Balaban J connectivity index is 2.34. The SMILES string of the molecule is C=CCC1CC=C(O)CC1. The number of aliphatic hydroxyl groups is 1. The van der Waals surface area contributed by atoms with Gasteiger partial charge in [0.2, 0.25) is 0 Å². The summed E-state index contributed by atoms with van der Waals surface area (Å²) in [5.74, 6) is 1.30. The molecule has 1 aliphatic rings. The van der Waals surface area contributed by atoms with Gasteiger partial charge in [-0.3, -0.25) is 0 Å². The minimum absolute atomic E-state index is 0.570. The van der Waals surface area contributed by atoms with Crippen LogP contribution >= 0.6 is 0 Å². The molecule has 1 unspecified atom stereocenters. The van der Waals surface area contributed by atoms with Crippen molar-refractivity contribution in [1.82, 2.24) is 0 Å². The van der Waals surface area contributed by atoms with E-state index >= 15 is 0 Å². The van der Waals surface area contributed by atoms with Gasteiger partial charge in [-0.25, -0.2) is 0 Å². The van der Waals surface area contributed by atoms with Crippen molar-refractivity contribution in [2.75, 3.05) is 0 Å².